The normalized spacial score (nSPS) is 24.1. The third-order valence-electron chi connectivity index (χ3n) is 3.90. The molecule has 2 aromatic rings. The summed E-state index contributed by atoms with van der Waals surface area (Å²) in [5.74, 6) is 0. The Hall–Kier alpha value is -1.58. The van der Waals surface area contributed by atoms with Crippen molar-refractivity contribution in [3.63, 3.8) is 0 Å². The molecular weight excluding hydrogens is 248 g/mol. The third kappa shape index (κ3) is 2.79. The molecule has 1 fully saturated rings. The van der Waals surface area contributed by atoms with E-state index in [1.54, 1.807) is 0 Å². The number of rotatable bonds is 2. The van der Waals surface area contributed by atoms with Crippen molar-refractivity contribution < 1.29 is 4.74 Å². The zero-order valence-electron chi connectivity index (χ0n) is 12.2. The van der Waals surface area contributed by atoms with Crippen LogP contribution in [0.25, 0.3) is 10.8 Å². The molecule has 2 N–H and O–H groups in total. The van der Waals surface area contributed by atoms with Crippen molar-refractivity contribution in [1.29, 1.82) is 0 Å². The summed E-state index contributed by atoms with van der Waals surface area (Å²) in [6, 6.07) is 12.7. The minimum atomic E-state index is 0.292. The Morgan fingerprint density at radius 3 is 2.35 bits per heavy atom. The molecule has 0 saturated carbocycles. The Bertz CT molecular complexity index is 601. The largest absolute Gasteiger partial charge is 0.398 e. The molecule has 1 aliphatic heterocycles. The first-order valence-corrected chi connectivity index (χ1v) is 7.27. The molecule has 20 heavy (non-hydrogen) atoms. The van der Waals surface area contributed by atoms with Crippen LogP contribution in [0.15, 0.2) is 36.4 Å². The summed E-state index contributed by atoms with van der Waals surface area (Å²) in [5, 5.41) is 2.46. The summed E-state index contributed by atoms with van der Waals surface area (Å²) >= 11 is 0. The summed E-state index contributed by atoms with van der Waals surface area (Å²) in [6.45, 7) is 7.10. The SMILES string of the molecule is CC1CN(Cc2cc3ccccc3cc2N)CC(C)O1. The molecule has 3 nitrogen and oxygen atoms in total. The van der Waals surface area contributed by atoms with E-state index in [1.807, 2.05) is 6.07 Å². The van der Waals surface area contributed by atoms with Crippen LogP contribution in [0.2, 0.25) is 0 Å². The van der Waals surface area contributed by atoms with Gasteiger partial charge in [0.2, 0.25) is 0 Å². The fraction of sp³-hybridized carbons (Fsp3) is 0.412. The molecule has 0 spiro atoms. The van der Waals surface area contributed by atoms with Gasteiger partial charge >= 0.3 is 0 Å². The Labute approximate surface area is 120 Å². The number of anilines is 1. The lowest BCUT2D eigenvalue weighted by molar-refractivity contribution is -0.0704. The number of nitrogens with zero attached hydrogens (tertiary/aromatic N) is 1. The van der Waals surface area contributed by atoms with Crippen LogP contribution in [-0.2, 0) is 11.3 Å². The van der Waals surface area contributed by atoms with E-state index in [9.17, 15) is 0 Å². The second-order valence-corrected chi connectivity index (χ2v) is 5.85. The van der Waals surface area contributed by atoms with Crippen LogP contribution in [0.5, 0.6) is 0 Å². The molecule has 1 saturated heterocycles. The molecule has 2 atom stereocenters. The molecule has 0 radical (unpaired) electrons. The number of hydrogen-bond acceptors (Lipinski definition) is 3. The van der Waals surface area contributed by atoms with Gasteiger partial charge < -0.3 is 10.5 Å². The van der Waals surface area contributed by atoms with Crippen LogP contribution < -0.4 is 5.73 Å². The Balaban J connectivity index is 1.85. The van der Waals surface area contributed by atoms with Crippen LogP contribution in [0, 0.1) is 0 Å². The highest BCUT2D eigenvalue weighted by Crippen LogP contribution is 2.24. The van der Waals surface area contributed by atoms with Crippen LogP contribution in [0.1, 0.15) is 19.4 Å². The van der Waals surface area contributed by atoms with Gasteiger partial charge in [-0.05, 0) is 42.3 Å². The van der Waals surface area contributed by atoms with Gasteiger partial charge in [-0.1, -0.05) is 24.3 Å². The van der Waals surface area contributed by atoms with Gasteiger partial charge in [-0.25, -0.2) is 0 Å². The molecule has 2 unspecified atom stereocenters. The average Bonchev–Trinajstić information content (AvgIpc) is 2.38. The van der Waals surface area contributed by atoms with E-state index in [2.05, 4.69) is 49.1 Å². The number of fused-ring (bicyclic) bond motifs is 1. The molecule has 0 aromatic heterocycles. The van der Waals surface area contributed by atoms with Crippen molar-refractivity contribution in [2.45, 2.75) is 32.6 Å². The first-order valence-electron chi connectivity index (χ1n) is 7.27. The Kier molecular flexibility index (Phi) is 3.64. The zero-order valence-corrected chi connectivity index (χ0v) is 12.2. The highest BCUT2D eigenvalue weighted by molar-refractivity contribution is 5.86. The maximum Gasteiger partial charge on any atom is 0.0678 e. The number of benzene rings is 2. The zero-order chi connectivity index (χ0) is 14.1. The van der Waals surface area contributed by atoms with Crippen LogP contribution in [-0.4, -0.2) is 30.2 Å². The minimum Gasteiger partial charge on any atom is -0.398 e. The standard InChI is InChI=1S/C17H22N2O/c1-12-9-19(10-13(2)20-12)11-16-7-14-5-3-4-6-15(14)8-17(16)18/h3-8,12-13H,9-11,18H2,1-2H3. The summed E-state index contributed by atoms with van der Waals surface area (Å²) in [6.07, 6.45) is 0.584. The molecular formula is C17H22N2O. The van der Waals surface area contributed by atoms with Gasteiger partial charge in [0.15, 0.2) is 0 Å². The minimum absolute atomic E-state index is 0.292. The Morgan fingerprint density at radius 2 is 1.70 bits per heavy atom. The van der Waals surface area contributed by atoms with E-state index in [0.29, 0.717) is 12.2 Å². The molecule has 3 heteroatoms. The molecule has 106 valence electrons. The molecule has 0 bridgehead atoms. The fourth-order valence-corrected chi connectivity index (χ4v) is 3.10. The van der Waals surface area contributed by atoms with E-state index in [1.165, 1.54) is 16.3 Å². The predicted octanol–water partition coefficient (Wildman–Crippen LogP) is 3.03. The highest BCUT2D eigenvalue weighted by Gasteiger charge is 2.22. The van der Waals surface area contributed by atoms with Crippen molar-refractivity contribution in [2.75, 3.05) is 18.8 Å². The van der Waals surface area contributed by atoms with Gasteiger partial charge in [-0.3, -0.25) is 4.90 Å². The number of morpholine rings is 1. The van der Waals surface area contributed by atoms with Crippen molar-refractivity contribution in [3.8, 4) is 0 Å². The Morgan fingerprint density at radius 1 is 1.10 bits per heavy atom. The summed E-state index contributed by atoms with van der Waals surface area (Å²) in [7, 11) is 0. The fourth-order valence-electron chi connectivity index (χ4n) is 3.10. The first-order chi connectivity index (χ1) is 9.61. The molecule has 3 rings (SSSR count). The van der Waals surface area contributed by atoms with Gasteiger partial charge in [-0.2, -0.15) is 0 Å². The van der Waals surface area contributed by atoms with E-state index in [-0.39, 0.29) is 0 Å². The van der Waals surface area contributed by atoms with Crippen LogP contribution >= 0.6 is 0 Å². The lowest BCUT2D eigenvalue weighted by Gasteiger charge is -2.35. The van der Waals surface area contributed by atoms with Gasteiger partial charge in [0.05, 0.1) is 12.2 Å². The number of nitrogens with two attached hydrogens (primary N) is 1. The van der Waals surface area contributed by atoms with Gasteiger partial charge in [0.25, 0.3) is 0 Å². The van der Waals surface area contributed by atoms with E-state index in [0.717, 1.165) is 25.3 Å². The molecule has 0 amide bonds. The van der Waals surface area contributed by atoms with Crippen molar-refractivity contribution >= 4 is 16.5 Å². The van der Waals surface area contributed by atoms with Crippen molar-refractivity contribution in [1.82, 2.24) is 4.90 Å². The quantitative estimate of drug-likeness (QED) is 0.852. The molecule has 1 aliphatic rings. The number of hydrogen-bond donors (Lipinski definition) is 1. The summed E-state index contributed by atoms with van der Waals surface area (Å²) < 4.78 is 5.78. The summed E-state index contributed by atoms with van der Waals surface area (Å²) in [5.41, 5.74) is 8.31. The second-order valence-electron chi connectivity index (χ2n) is 5.85. The number of ether oxygens (including phenoxy) is 1. The van der Waals surface area contributed by atoms with Crippen molar-refractivity contribution in [2.24, 2.45) is 0 Å². The molecule has 1 heterocycles. The monoisotopic (exact) mass is 270 g/mol. The molecule has 0 aliphatic carbocycles. The lowest BCUT2D eigenvalue weighted by Crippen LogP contribution is -2.44. The number of nitrogen functional groups attached to an aromatic ring is 1. The van der Waals surface area contributed by atoms with Gasteiger partial charge in [0.1, 0.15) is 0 Å². The third-order valence-corrected chi connectivity index (χ3v) is 3.90. The van der Waals surface area contributed by atoms with Crippen LogP contribution in [0.3, 0.4) is 0 Å². The topological polar surface area (TPSA) is 38.5 Å². The van der Waals surface area contributed by atoms with Gasteiger partial charge in [-0.15, -0.1) is 0 Å². The van der Waals surface area contributed by atoms with E-state index < -0.39 is 0 Å². The predicted molar refractivity (Wildman–Crippen MR) is 83.6 cm³/mol. The lowest BCUT2D eigenvalue weighted by atomic mass is 10.0. The molecule has 2 aromatic carbocycles. The highest BCUT2D eigenvalue weighted by atomic mass is 16.5. The van der Waals surface area contributed by atoms with Crippen LogP contribution in [0.4, 0.5) is 5.69 Å². The maximum atomic E-state index is 6.22. The first kappa shape index (κ1) is 13.4. The maximum absolute atomic E-state index is 6.22. The van der Waals surface area contributed by atoms with Crippen molar-refractivity contribution in [3.05, 3.63) is 42.0 Å². The summed E-state index contributed by atoms with van der Waals surface area (Å²) in [4.78, 5) is 2.43. The second kappa shape index (κ2) is 5.43. The van der Waals surface area contributed by atoms with Gasteiger partial charge in [0, 0.05) is 25.3 Å². The van der Waals surface area contributed by atoms with E-state index in [4.69, 9.17) is 10.5 Å². The smallest absolute Gasteiger partial charge is 0.0678 e. The van der Waals surface area contributed by atoms with E-state index >= 15 is 0 Å². The average molecular weight is 270 g/mol.